The van der Waals surface area contributed by atoms with Crippen LogP contribution in [0, 0.1) is 10.1 Å². The fourth-order valence-electron chi connectivity index (χ4n) is 3.86. The number of nitrogens with zero attached hydrogens (tertiary/aromatic N) is 5. The van der Waals surface area contributed by atoms with Gasteiger partial charge in [-0.1, -0.05) is 23.7 Å². The van der Waals surface area contributed by atoms with Gasteiger partial charge in [0, 0.05) is 40.7 Å². The summed E-state index contributed by atoms with van der Waals surface area (Å²) in [7, 11) is -3.76. The molecule has 2 amide bonds. The minimum Gasteiger partial charge on any atom is -0.349 e. The highest BCUT2D eigenvalue weighted by Gasteiger charge is 2.32. The van der Waals surface area contributed by atoms with Gasteiger partial charge in [0.1, 0.15) is 14.9 Å². The number of nitro benzene ring substituents is 1. The Morgan fingerprint density at radius 2 is 1.79 bits per heavy atom. The minimum absolute atomic E-state index is 0.0389. The Bertz CT molecular complexity index is 1560. The molecule has 15 heteroatoms. The van der Waals surface area contributed by atoms with Gasteiger partial charge in [-0.15, -0.1) is 11.3 Å². The Hall–Kier alpha value is -3.81. The summed E-state index contributed by atoms with van der Waals surface area (Å²) in [6.07, 6.45) is 0.725. The summed E-state index contributed by atoms with van der Waals surface area (Å²) >= 11 is 6.84. The van der Waals surface area contributed by atoms with Gasteiger partial charge in [-0.05, 0) is 55.3 Å². The van der Waals surface area contributed by atoms with E-state index in [0.29, 0.717) is 28.3 Å². The van der Waals surface area contributed by atoms with Crippen molar-refractivity contribution in [1.82, 2.24) is 14.5 Å². The lowest BCUT2D eigenvalue weighted by atomic mass is 10.1. The van der Waals surface area contributed by atoms with Crippen LogP contribution in [0.3, 0.4) is 0 Å². The molecule has 1 N–H and O–H groups in total. The number of para-hydroxylation sites is 1. The Labute approximate surface area is 232 Å². The average molecular weight is 590 g/mol. The van der Waals surface area contributed by atoms with Crippen molar-refractivity contribution in [2.24, 2.45) is 10.2 Å². The molecule has 0 atom stereocenters. The number of sulfonamides is 1. The first-order valence-electron chi connectivity index (χ1n) is 11.7. The van der Waals surface area contributed by atoms with E-state index in [0.717, 1.165) is 11.3 Å². The van der Waals surface area contributed by atoms with Crippen LogP contribution in [0.15, 0.2) is 75.1 Å². The summed E-state index contributed by atoms with van der Waals surface area (Å²) < 4.78 is 27.7. The molecule has 1 aliphatic heterocycles. The number of carbonyl (C=O) groups is 2. The second kappa shape index (κ2) is 12.4. The molecule has 0 bridgehead atoms. The lowest BCUT2D eigenvalue weighted by Gasteiger charge is -2.31. The summed E-state index contributed by atoms with van der Waals surface area (Å²) in [5, 5.41) is 21.8. The quantitative estimate of drug-likeness (QED) is 0.179. The molecule has 12 nitrogen and oxygen atoms in total. The van der Waals surface area contributed by atoms with Crippen LogP contribution in [-0.2, 0) is 16.6 Å². The number of thiophene rings is 1. The molecule has 2 aromatic carbocycles. The molecule has 0 spiro atoms. The van der Waals surface area contributed by atoms with Gasteiger partial charge in [-0.25, -0.2) is 8.42 Å². The van der Waals surface area contributed by atoms with E-state index in [-0.39, 0.29) is 41.1 Å². The molecule has 39 heavy (non-hydrogen) atoms. The third-order valence-corrected chi connectivity index (χ3v) is 9.57. The molecule has 0 saturated carbocycles. The van der Waals surface area contributed by atoms with Gasteiger partial charge in [0.05, 0.1) is 4.92 Å². The van der Waals surface area contributed by atoms with E-state index < -0.39 is 26.8 Å². The van der Waals surface area contributed by atoms with Gasteiger partial charge in [0.15, 0.2) is 6.54 Å². The van der Waals surface area contributed by atoms with E-state index in [9.17, 15) is 28.1 Å². The first-order valence-corrected chi connectivity index (χ1v) is 14.3. The second-order valence-corrected chi connectivity index (χ2v) is 12.2. The molecular weight excluding hydrogens is 568 g/mol. The van der Waals surface area contributed by atoms with E-state index in [4.69, 9.17) is 11.6 Å². The molecule has 1 aromatic heterocycles. The number of hydrogen-bond donors (Lipinski definition) is 1. The van der Waals surface area contributed by atoms with E-state index in [1.807, 2.05) is 0 Å². The van der Waals surface area contributed by atoms with Gasteiger partial charge in [-0.3, -0.25) is 19.7 Å². The number of carbonyl (C=O) groups excluding carboxylic acids is 2. The summed E-state index contributed by atoms with van der Waals surface area (Å²) in [5.41, 5.74) is -0.0135. The summed E-state index contributed by atoms with van der Waals surface area (Å²) in [6.45, 7) is 0.420. The lowest BCUT2D eigenvalue weighted by Crippen LogP contribution is -2.46. The molecule has 0 aliphatic carbocycles. The standard InChI is InChI=1S/C24H21ClN6O6S2/c25-17-7-5-16(6-8-17)23(32)28-29-26-15-19-9-10-22(38-19)39(36,37)30-13-11-18(12-14-30)27-24(33)20-3-1-2-4-21(20)31(34)35/h1-10,18H,11-15H2/p+1. The van der Waals surface area contributed by atoms with Crippen molar-refractivity contribution in [3.05, 3.63) is 91.8 Å². The number of benzene rings is 2. The number of piperidine rings is 1. The first-order chi connectivity index (χ1) is 18.6. The molecule has 3 aromatic rings. The van der Waals surface area contributed by atoms with Gasteiger partial charge in [-0.2, -0.15) is 4.31 Å². The van der Waals surface area contributed by atoms with Crippen LogP contribution in [0.25, 0.3) is 0 Å². The predicted octanol–water partition coefficient (Wildman–Crippen LogP) is 4.20. The maximum Gasteiger partial charge on any atom is 0.360 e. The number of hydrogen-bond acceptors (Lipinski definition) is 8. The Kier molecular flexibility index (Phi) is 8.94. The van der Waals surface area contributed by atoms with Crippen molar-refractivity contribution < 1.29 is 22.9 Å². The zero-order valence-corrected chi connectivity index (χ0v) is 22.7. The second-order valence-electron chi connectivity index (χ2n) is 8.45. The van der Waals surface area contributed by atoms with Crippen LogP contribution >= 0.6 is 22.9 Å². The Morgan fingerprint density at radius 3 is 2.49 bits per heavy atom. The van der Waals surface area contributed by atoms with Crippen molar-refractivity contribution in [3.8, 4) is 0 Å². The van der Waals surface area contributed by atoms with E-state index in [1.54, 1.807) is 24.3 Å². The fraction of sp³-hybridized carbons (Fsp3) is 0.250. The smallest absolute Gasteiger partial charge is 0.349 e. The monoisotopic (exact) mass is 589 g/mol. The number of amides is 2. The van der Waals surface area contributed by atoms with Gasteiger partial charge >= 0.3 is 5.91 Å². The van der Waals surface area contributed by atoms with Gasteiger partial charge < -0.3 is 5.32 Å². The van der Waals surface area contributed by atoms with Crippen LogP contribution in [0.2, 0.25) is 5.02 Å². The normalized spacial score (nSPS) is 14.3. The number of halogens is 1. The topological polar surface area (TPSA) is 166 Å². The van der Waals surface area contributed by atoms with Crippen molar-refractivity contribution in [2.75, 3.05) is 13.1 Å². The number of nitro groups is 1. The largest absolute Gasteiger partial charge is 0.360 e. The molecule has 0 unspecified atom stereocenters. The third-order valence-electron chi connectivity index (χ3n) is 5.88. The summed E-state index contributed by atoms with van der Waals surface area (Å²) in [6, 6.07) is 14.6. The van der Waals surface area contributed by atoms with Crippen LogP contribution < -0.4 is 10.2 Å². The number of nitrogens with one attached hydrogen (secondary N) is 1. The van der Waals surface area contributed by atoms with Crippen molar-refractivity contribution in [2.45, 2.75) is 29.6 Å². The Balaban J connectivity index is 1.31. The van der Waals surface area contributed by atoms with Crippen LogP contribution in [0.1, 0.15) is 38.4 Å². The summed E-state index contributed by atoms with van der Waals surface area (Å²) in [5.74, 6) is -1.14. The molecule has 202 valence electrons. The zero-order valence-electron chi connectivity index (χ0n) is 20.3. The van der Waals surface area contributed by atoms with Gasteiger partial charge in [0.2, 0.25) is 10.0 Å². The highest BCUT2D eigenvalue weighted by atomic mass is 35.5. The van der Waals surface area contributed by atoms with Gasteiger partial charge in [0.25, 0.3) is 21.6 Å². The molecule has 1 saturated heterocycles. The molecule has 1 aliphatic rings. The van der Waals surface area contributed by atoms with Crippen LogP contribution in [0.5, 0.6) is 0 Å². The van der Waals surface area contributed by atoms with E-state index >= 15 is 0 Å². The molecule has 0 radical (unpaired) electrons. The van der Waals surface area contributed by atoms with Crippen LogP contribution in [0.4, 0.5) is 5.69 Å². The zero-order chi connectivity index (χ0) is 28.0. The molecule has 2 heterocycles. The highest BCUT2D eigenvalue weighted by molar-refractivity contribution is 7.91. The molecule has 1 fully saturated rings. The third kappa shape index (κ3) is 6.99. The SMILES string of the molecule is O=C(N=[N+]=NCc1ccc(S(=O)(=O)N2CCC(NC(=O)c3ccccc3[N+](=O)[O-])CC2)s1)c1ccc(Cl)cc1. The maximum atomic E-state index is 13.1. The lowest BCUT2D eigenvalue weighted by molar-refractivity contribution is -0.385. The number of rotatable bonds is 8. The highest BCUT2D eigenvalue weighted by Crippen LogP contribution is 2.28. The average Bonchev–Trinajstić information content (AvgIpc) is 3.41. The minimum atomic E-state index is -3.76. The van der Waals surface area contributed by atoms with Crippen molar-refractivity contribution in [3.63, 3.8) is 0 Å². The van der Waals surface area contributed by atoms with E-state index in [1.165, 1.54) is 40.7 Å². The Morgan fingerprint density at radius 1 is 1.10 bits per heavy atom. The maximum absolute atomic E-state index is 13.1. The summed E-state index contributed by atoms with van der Waals surface area (Å²) in [4.78, 5) is 39.3. The van der Waals surface area contributed by atoms with E-state index in [2.05, 4.69) is 20.5 Å². The predicted molar refractivity (Wildman–Crippen MR) is 143 cm³/mol. The first kappa shape index (κ1) is 28.2. The van der Waals surface area contributed by atoms with Crippen LogP contribution in [-0.4, -0.2) is 48.6 Å². The van der Waals surface area contributed by atoms with Crippen molar-refractivity contribution >= 4 is 50.5 Å². The fourth-order valence-corrected chi connectivity index (χ4v) is 6.88. The van der Waals surface area contributed by atoms with Crippen molar-refractivity contribution in [1.29, 1.82) is 0 Å². The molecule has 4 rings (SSSR count). The molecular formula is C24H22ClN6O6S2+.